The van der Waals surface area contributed by atoms with Crippen molar-refractivity contribution in [3.63, 3.8) is 0 Å². The lowest BCUT2D eigenvalue weighted by atomic mass is 10.0. The molecule has 8 heteroatoms. The van der Waals surface area contributed by atoms with E-state index >= 15 is 0 Å². The molecule has 1 aromatic rings. The molecule has 0 spiro atoms. The van der Waals surface area contributed by atoms with E-state index in [1.807, 2.05) is 0 Å². The molecule has 146 valence electrons. The first-order chi connectivity index (χ1) is 12.2. The normalized spacial score (nSPS) is 16.7. The molecule has 1 amide bonds. The van der Waals surface area contributed by atoms with Crippen LogP contribution in [0.15, 0.2) is 23.1 Å². The van der Waals surface area contributed by atoms with Crippen LogP contribution in [0.4, 0.5) is 0 Å². The summed E-state index contributed by atoms with van der Waals surface area (Å²) in [7, 11) is 3.09. The second-order valence-electron chi connectivity index (χ2n) is 6.91. The average molecular weight is 384 g/mol. The fraction of sp³-hybridized carbons (Fsp3) is 0.611. The third-order valence-corrected chi connectivity index (χ3v) is 6.55. The zero-order chi connectivity index (χ0) is 19.3. The van der Waals surface area contributed by atoms with Gasteiger partial charge in [-0.15, -0.1) is 0 Å². The number of carbonyl (C=O) groups excluding carboxylic acids is 1. The Balaban J connectivity index is 2.02. The van der Waals surface area contributed by atoms with Crippen molar-refractivity contribution >= 4 is 15.9 Å². The molecule has 0 unspecified atom stereocenters. The van der Waals surface area contributed by atoms with E-state index in [0.29, 0.717) is 24.2 Å². The van der Waals surface area contributed by atoms with Crippen molar-refractivity contribution in [3.05, 3.63) is 23.8 Å². The topological polar surface area (TPSA) is 79.0 Å². The Kier molecular flexibility index (Phi) is 7.02. The minimum atomic E-state index is -3.52. The number of sulfonamides is 1. The van der Waals surface area contributed by atoms with Gasteiger partial charge in [0.15, 0.2) is 0 Å². The highest BCUT2D eigenvalue weighted by molar-refractivity contribution is 7.89. The molecule has 1 aromatic carbocycles. The Morgan fingerprint density at radius 2 is 1.96 bits per heavy atom. The lowest BCUT2D eigenvalue weighted by Gasteiger charge is -2.29. The molecule has 1 aliphatic heterocycles. The number of piperidine rings is 1. The van der Waals surface area contributed by atoms with E-state index in [0.717, 1.165) is 25.9 Å². The van der Waals surface area contributed by atoms with Crippen molar-refractivity contribution in [2.24, 2.45) is 0 Å². The van der Waals surface area contributed by atoms with Gasteiger partial charge in [-0.25, -0.2) is 12.7 Å². The zero-order valence-electron chi connectivity index (χ0n) is 16.0. The summed E-state index contributed by atoms with van der Waals surface area (Å²) in [6.45, 7) is 1.98. The quantitative estimate of drug-likeness (QED) is 0.762. The van der Waals surface area contributed by atoms with E-state index in [1.54, 1.807) is 12.1 Å². The van der Waals surface area contributed by atoms with E-state index in [1.165, 1.54) is 31.6 Å². The van der Waals surface area contributed by atoms with Gasteiger partial charge >= 0.3 is 0 Å². The predicted molar refractivity (Wildman–Crippen MR) is 101 cm³/mol. The fourth-order valence-corrected chi connectivity index (χ4v) is 3.98. The molecule has 2 rings (SSSR count). The SMILES string of the molecule is COc1ccc(S(=O)(=O)N(C)C)cc1CCC(=O)NC1CCN(C)CC1. The molecule has 0 atom stereocenters. The first-order valence-electron chi connectivity index (χ1n) is 8.81. The Morgan fingerprint density at radius 3 is 2.54 bits per heavy atom. The minimum Gasteiger partial charge on any atom is -0.496 e. The van der Waals surface area contributed by atoms with Gasteiger partial charge in [0.1, 0.15) is 5.75 Å². The summed E-state index contributed by atoms with van der Waals surface area (Å²) in [5.74, 6) is 0.581. The molecule has 1 saturated heterocycles. The number of carbonyl (C=O) groups is 1. The van der Waals surface area contributed by atoms with Gasteiger partial charge in [-0.05, 0) is 63.2 Å². The van der Waals surface area contributed by atoms with Gasteiger partial charge in [0.2, 0.25) is 15.9 Å². The van der Waals surface area contributed by atoms with Gasteiger partial charge in [0.25, 0.3) is 0 Å². The molecule has 7 nitrogen and oxygen atoms in total. The van der Waals surface area contributed by atoms with Crippen molar-refractivity contribution in [1.29, 1.82) is 0 Å². The standard InChI is InChI=1S/C18H29N3O4S/c1-20(2)26(23,24)16-6-7-17(25-4)14(13-16)5-8-18(22)19-15-9-11-21(3)12-10-15/h6-7,13,15H,5,8-12H2,1-4H3,(H,19,22). The Bertz CT molecular complexity index is 726. The average Bonchev–Trinajstić information content (AvgIpc) is 2.61. The summed E-state index contributed by atoms with van der Waals surface area (Å²) in [4.78, 5) is 14.7. The van der Waals surface area contributed by atoms with Gasteiger partial charge in [-0.2, -0.15) is 0 Å². The summed E-state index contributed by atoms with van der Waals surface area (Å²) in [6, 6.07) is 4.98. The smallest absolute Gasteiger partial charge is 0.242 e. The first kappa shape index (κ1) is 20.7. The summed E-state index contributed by atoms with van der Waals surface area (Å²) in [5.41, 5.74) is 0.717. The maximum absolute atomic E-state index is 12.3. The van der Waals surface area contributed by atoms with E-state index in [4.69, 9.17) is 4.74 Å². The number of nitrogens with one attached hydrogen (secondary N) is 1. The van der Waals surface area contributed by atoms with Crippen LogP contribution in [0.2, 0.25) is 0 Å². The molecule has 0 bridgehead atoms. The molecular weight excluding hydrogens is 354 g/mol. The zero-order valence-corrected chi connectivity index (χ0v) is 16.8. The van der Waals surface area contributed by atoms with Gasteiger partial charge in [0.05, 0.1) is 12.0 Å². The number of ether oxygens (including phenoxy) is 1. The number of aryl methyl sites for hydroxylation is 1. The number of nitrogens with zero attached hydrogens (tertiary/aromatic N) is 2. The number of methoxy groups -OCH3 is 1. The maximum Gasteiger partial charge on any atom is 0.242 e. The summed E-state index contributed by atoms with van der Waals surface area (Å²) >= 11 is 0. The van der Waals surface area contributed by atoms with Crippen LogP contribution in [-0.4, -0.2) is 70.9 Å². The molecule has 0 aromatic heterocycles. The van der Waals surface area contributed by atoms with E-state index in [2.05, 4.69) is 17.3 Å². The second kappa shape index (κ2) is 8.83. The number of amides is 1. The van der Waals surface area contributed by atoms with Gasteiger partial charge in [-0.1, -0.05) is 0 Å². The first-order valence-corrected chi connectivity index (χ1v) is 10.3. The Hall–Kier alpha value is -1.64. The Morgan fingerprint density at radius 1 is 1.31 bits per heavy atom. The third kappa shape index (κ3) is 5.18. The van der Waals surface area contributed by atoms with Crippen LogP contribution in [-0.2, 0) is 21.2 Å². The lowest BCUT2D eigenvalue weighted by Crippen LogP contribution is -2.43. The molecule has 1 fully saturated rings. The number of hydrogen-bond donors (Lipinski definition) is 1. The molecule has 0 radical (unpaired) electrons. The summed E-state index contributed by atoms with van der Waals surface area (Å²) in [5, 5.41) is 3.08. The largest absolute Gasteiger partial charge is 0.496 e. The fourth-order valence-electron chi connectivity index (χ4n) is 3.02. The Labute approximate surface area is 156 Å². The number of hydrogen-bond acceptors (Lipinski definition) is 5. The predicted octanol–water partition coefficient (Wildman–Crippen LogP) is 1.09. The number of likely N-dealkylation sites (tertiary alicyclic amines) is 1. The van der Waals surface area contributed by atoms with Crippen LogP contribution >= 0.6 is 0 Å². The van der Waals surface area contributed by atoms with Crippen molar-refractivity contribution < 1.29 is 17.9 Å². The lowest BCUT2D eigenvalue weighted by molar-refractivity contribution is -0.122. The molecule has 1 aliphatic rings. The molecule has 26 heavy (non-hydrogen) atoms. The van der Waals surface area contributed by atoms with Crippen LogP contribution in [0.5, 0.6) is 5.75 Å². The minimum absolute atomic E-state index is 0.0116. The highest BCUT2D eigenvalue weighted by atomic mass is 32.2. The highest BCUT2D eigenvalue weighted by Gasteiger charge is 2.21. The third-order valence-electron chi connectivity index (χ3n) is 4.74. The van der Waals surface area contributed by atoms with Crippen LogP contribution < -0.4 is 10.1 Å². The number of rotatable bonds is 7. The van der Waals surface area contributed by atoms with Crippen LogP contribution in [0.3, 0.4) is 0 Å². The van der Waals surface area contributed by atoms with Gasteiger partial charge in [0, 0.05) is 26.6 Å². The monoisotopic (exact) mass is 383 g/mol. The summed E-state index contributed by atoms with van der Waals surface area (Å²) < 4.78 is 31.1. The van der Waals surface area contributed by atoms with Crippen molar-refractivity contribution in [2.75, 3.05) is 41.3 Å². The van der Waals surface area contributed by atoms with Crippen molar-refractivity contribution in [3.8, 4) is 5.75 Å². The summed E-state index contributed by atoms with van der Waals surface area (Å²) in [6.07, 6.45) is 2.65. The van der Waals surface area contributed by atoms with Crippen molar-refractivity contribution in [2.45, 2.75) is 36.6 Å². The molecule has 0 aliphatic carbocycles. The van der Waals surface area contributed by atoms with Crippen LogP contribution in [0, 0.1) is 0 Å². The number of benzene rings is 1. The van der Waals surface area contributed by atoms with Crippen molar-refractivity contribution in [1.82, 2.24) is 14.5 Å². The maximum atomic E-state index is 12.3. The second-order valence-corrected chi connectivity index (χ2v) is 9.06. The van der Waals surface area contributed by atoms with E-state index in [9.17, 15) is 13.2 Å². The molecule has 1 heterocycles. The van der Waals surface area contributed by atoms with Gasteiger partial charge < -0.3 is 15.0 Å². The van der Waals surface area contributed by atoms with E-state index < -0.39 is 10.0 Å². The van der Waals surface area contributed by atoms with Crippen LogP contribution in [0.25, 0.3) is 0 Å². The molecule has 1 N–H and O–H groups in total. The molecular formula is C18H29N3O4S. The van der Waals surface area contributed by atoms with Crippen LogP contribution in [0.1, 0.15) is 24.8 Å². The van der Waals surface area contributed by atoms with Gasteiger partial charge in [-0.3, -0.25) is 4.79 Å². The van der Waals surface area contributed by atoms with E-state index in [-0.39, 0.29) is 16.8 Å². The highest BCUT2D eigenvalue weighted by Crippen LogP contribution is 2.25. The molecule has 0 saturated carbocycles.